The summed E-state index contributed by atoms with van der Waals surface area (Å²) in [6.45, 7) is 1.53. The number of hydrogen-bond acceptors (Lipinski definition) is 7. The van der Waals surface area contributed by atoms with Crippen LogP contribution in [0.3, 0.4) is 0 Å². The molecule has 4 aromatic heterocycles. The van der Waals surface area contributed by atoms with E-state index >= 15 is 0 Å². The van der Waals surface area contributed by atoms with Crippen LogP contribution in [0.5, 0.6) is 0 Å². The third-order valence-corrected chi connectivity index (χ3v) is 6.46. The first-order valence-corrected chi connectivity index (χ1v) is 10.5. The van der Waals surface area contributed by atoms with Crippen LogP contribution in [0.25, 0.3) is 28.1 Å². The molecule has 0 fully saturated rings. The van der Waals surface area contributed by atoms with Crippen LogP contribution in [-0.2, 0) is 23.0 Å². The van der Waals surface area contributed by atoms with Crippen LogP contribution >= 0.6 is 0 Å². The van der Waals surface area contributed by atoms with E-state index in [1.807, 2.05) is 0 Å². The molecule has 31 heavy (non-hydrogen) atoms. The molecular weight excluding hydrogens is 437 g/mol. The van der Waals surface area contributed by atoms with Crippen LogP contribution < -0.4 is 5.73 Å². The Balaban J connectivity index is 2.11. The molecule has 0 saturated heterocycles. The zero-order valence-corrected chi connectivity index (χ0v) is 17.0. The molecular formula is C17H15F3N8O2S. The fraction of sp³-hybridized carbons (Fsp3) is 0.235. The van der Waals surface area contributed by atoms with Gasteiger partial charge in [0.15, 0.2) is 10.7 Å². The van der Waals surface area contributed by atoms with Crippen molar-refractivity contribution in [2.24, 2.45) is 12.8 Å². The number of aryl methyl sites for hydroxylation is 1. The molecule has 1 amide bonds. The maximum Gasteiger partial charge on any atom is 0.433 e. The van der Waals surface area contributed by atoms with Gasteiger partial charge in [-0.15, -0.1) is 0 Å². The van der Waals surface area contributed by atoms with Crippen LogP contribution in [0.15, 0.2) is 29.6 Å². The standard InChI is InChI=1S/C17H15F3N8O2S/c1-3-31(22,30)16-12(14-23-5-4-9(13(21)29)28(14)26-16)15-25-8-6-11(17(18,19)20)24-7-10(8)27(15)2/h4-7,22H,3H2,1-2H3,(H2,21,29). The second-order valence-electron chi connectivity index (χ2n) is 6.62. The Kier molecular flexibility index (Phi) is 4.50. The van der Waals surface area contributed by atoms with Crippen molar-refractivity contribution >= 4 is 32.3 Å². The average molecular weight is 452 g/mol. The van der Waals surface area contributed by atoms with E-state index < -0.39 is 27.5 Å². The number of nitrogens with one attached hydrogen (secondary N) is 1. The largest absolute Gasteiger partial charge is 0.433 e. The van der Waals surface area contributed by atoms with Crippen molar-refractivity contribution in [3.63, 3.8) is 0 Å². The molecule has 4 aromatic rings. The number of carbonyl (C=O) groups is 1. The Labute approximate surface area is 172 Å². The number of amides is 1. The highest BCUT2D eigenvalue weighted by Crippen LogP contribution is 2.34. The summed E-state index contributed by atoms with van der Waals surface area (Å²) < 4.78 is 62.9. The first kappa shape index (κ1) is 20.7. The van der Waals surface area contributed by atoms with Crippen molar-refractivity contribution in [3.8, 4) is 11.4 Å². The molecule has 0 aliphatic rings. The van der Waals surface area contributed by atoms with E-state index in [1.165, 1.54) is 30.8 Å². The van der Waals surface area contributed by atoms with Gasteiger partial charge in [0, 0.05) is 19.0 Å². The van der Waals surface area contributed by atoms with Crippen LogP contribution in [0.2, 0.25) is 0 Å². The molecule has 4 heterocycles. The van der Waals surface area contributed by atoms with Gasteiger partial charge < -0.3 is 10.3 Å². The van der Waals surface area contributed by atoms with Gasteiger partial charge in [0.05, 0.1) is 32.5 Å². The van der Waals surface area contributed by atoms with Gasteiger partial charge >= 0.3 is 6.18 Å². The number of carbonyl (C=O) groups excluding carboxylic acids is 1. The van der Waals surface area contributed by atoms with Crippen LogP contribution in [0.1, 0.15) is 23.1 Å². The molecule has 0 spiro atoms. The van der Waals surface area contributed by atoms with Crippen LogP contribution in [-0.4, -0.2) is 45.0 Å². The molecule has 0 aliphatic heterocycles. The summed E-state index contributed by atoms with van der Waals surface area (Å²) in [6, 6.07) is 2.10. The summed E-state index contributed by atoms with van der Waals surface area (Å²) in [5, 5.41) is 3.97. The number of hydrogen-bond donors (Lipinski definition) is 2. The molecule has 0 aliphatic carbocycles. The van der Waals surface area contributed by atoms with Crippen LogP contribution in [0, 0.1) is 4.78 Å². The Morgan fingerprint density at radius 3 is 2.65 bits per heavy atom. The van der Waals surface area contributed by atoms with E-state index in [0.717, 1.165) is 16.8 Å². The maximum atomic E-state index is 13.1. The molecule has 10 nitrogen and oxygen atoms in total. The predicted octanol–water partition coefficient (Wildman–Crippen LogP) is 2.22. The van der Waals surface area contributed by atoms with Gasteiger partial charge in [-0.05, 0) is 12.1 Å². The summed E-state index contributed by atoms with van der Waals surface area (Å²) in [7, 11) is -1.91. The fourth-order valence-corrected chi connectivity index (χ4v) is 4.14. The van der Waals surface area contributed by atoms with Gasteiger partial charge in [0.1, 0.15) is 17.2 Å². The molecule has 162 valence electrons. The number of rotatable bonds is 4. The van der Waals surface area contributed by atoms with Crippen molar-refractivity contribution in [3.05, 3.63) is 35.9 Å². The van der Waals surface area contributed by atoms with Crippen molar-refractivity contribution in [2.75, 3.05) is 5.75 Å². The Morgan fingerprint density at radius 2 is 2.03 bits per heavy atom. The minimum Gasteiger partial charge on any atom is -0.364 e. The Hall–Kier alpha value is -3.55. The monoisotopic (exact) mass is 452 g/mol. The smallest absolute Gasteiger partial charge is 0.364 e. The van der Waals surface area contributed by atoms with E-state index in [9.17, 15) is 22.2 Å². The second kappa shape index (κ2) is 6.73. The van der Waals surface area contributed by atoms with Gasteiger partial charge in [-0.3, -0.25) is 4.79 Å². The third kappa shape index (κ3) is 3.19. The van der Waals surface area contributed by atoms with Crippen molar-refractivity contribution in [2.45, 2.75) is 18.1 Å². The van der Waals surface area contributed by atoms with E-state index in [-0.39, 0.29) is 44.5 Å². The Bertz CT molecular complexity index is 1470. The lowest BCUT2D eigenvalue weighted by molar-refractivity contribution is -0.141. The Morgan fingerprint density at radius 1 is 1.32 bits per heavy atom. The fourth-order valence-electron chi connectivity index (χ4n) is 3.14. The summed E-state index contributed by atoms with van der Waals surface area (Å²) >= 11 is 0. The van der Waals surface area contributed by atoms with Crippen molar-refractivity contribution in [1.29, 1.82) is 4.78 Å². The lowest BCUT2D eigenvalue weighted by atomic mass is 10.3. The van der Waals surface area contributed by atoms with Crippen molar-refractivity contribution in [1.82, 2.24) is 29.1 Å². The predicted molar refractivity (Wildman–Crippen MR) is 104 cm³/mol. The highest BCUT2D eigenvalue weighted by atomic mass is 32.2. The number of pyridine rings is 1. The SMILES string of the molecule is CCS(=N)(=O)c1nn2c(C(N)=O)ccnc2c1-c1nc2cc(C(F)(F)F)ncc2n1C. The summed E-state index contributed by atoms with van der Waals surface area (Å²) in [4.78, 5) is 23.7. The number of aromatic nitrogens is 6. The minimum absolute atomic E-state index is 0.0100. The molecule has 4 rings (SSSR count). The zero-order chi connectivity index (χ0) is 22.7. The zero-order valence-electron chi connectivity index (χ0n) is 16.1. The first-order valence-electron chi connectivity index (χ1n) is 8.79. The third-order valence-electron chi connectivity index (χ3n) is 4.74. The number of fused-ring (bicyclic) bond motifs is 2. The van der Waals surface area contributed by atoms with E-state index in [4.69, 9.17) is 10.5 Å². The number of nitrogens with two attached hydrogens (primary N) is 1. The lowest BCUT2D eigenvalue weighted by Crippen LogP contribution is -2.16. The molecule has 0 radical (unpaired) electrons. The van der Waals surface area contributed by atoms with Gasteiger partial charge in [0.25, 0.3) is 5.91 Å². The number of halogens is 3. The normalized spacial score (nSPS) is 14.2. The average Bonchev–Trinajstić information content (AvgIpc) is 3.25. The second-order valence-corrected chi connectivity index (χ2v) is 8.94. The minimum atomic E-state index is -4.66. The highest BCUT2D eigenvalue weighted by molar-refractivity contribution is 7.92. The number of primary amides is 1. The van der Waals surface area contributed by atoms with Crippen molar-refractivity contribution < 1.29 is 22.2 Å². The molecule has 0 saturated carbocycles. The molecule has 1 unspecified atom stereocenters. The van der Waals surface area contributed by atoms with Gasteiger partial charge in [-0.1, -0.05) is 6.92 Å². The van der Waals surface area contributed by atoms with Gasteiger partial charge in [0.2, 0.25) is 0 Å². The maximum absolute atomic E-state index is 13.1. The summed E-state index contributed by atoms with van der Waals surface area (Å²) in [5.74, 6) is -0.854. The van der Waals surface area contributed by atoms with Gasteiger partial charge in [-0.2, -0.15) is 18.3 Å². The number of imidazole rings is 1. The highest BCUT2D eigenvalue weighted by Gasteiger charge is 2.34. The quantitative estimate of drug-likeness (QED) is 0.486. The van der Waals surface area contributed by atoms with E-state index in [0.29, 0.717) is 0 Å². The molecule has 1 atom stereocenters. The molecule has 3 N–H and O–H groups in total. The van der Waals surface area contributed by atoms with E-state index in [1.54, 1.807) is 0 Å². The lowest BCUT2D eigenvalue weighted by Gasteiger charge is -2.06. The molecule has 0 aromatic carbocycles. The molecule has 0 bridgehead atoms. The number of nitrogens with zero attached hydrogens (tertiary/aromatic N) is 6. The molecule has 14 heteroatoms. The first-order chi connectivity index (χ1) is 14.5. The van der Waals surface area contributed by atoms with Crippen LogP contribution in [0.4, 0.5) is 13.2 Å². The number of alkyl halides is 3. The van der Waals surface area contributed by atoms with E-state index in [2.05, 4.69) is 20.1 Å². The summed E-state index contributed by atoms with van der Waals surface area (Å²) in [5.41, 5.74) is 4.58. The van der Waals surface area contributed by atoms with Gasteiger partial charge in [-0.25, -0.2) is 28.5 Å². The summed E-state index contributed by atoms with van der Waals surface area (Å²) in [6.07, 6.45) is -2.34. The topological polar surface area (TPSA) is 145 Å².